The van der Waals surface area contributed by atoms with Crippen molar-refractivity contribution < 1.29 is 9.53 Å². The number of carbonyl (C=O) groups is 1. The molecule has 0 bridgehead atoms. The third-order valence-electron chi connectivity index (χ3n) is 2.31. The van der Waals surface area contributed by atoms with E-state index in [1.165, 1.54) is 13.5 Å². The average Bonchev–Trinajstić information content (AvgIpc) is 2.45. The third-order valence-corrected chi connectivity index (χ3v) is 2.31. The summed E-state index contributed by atoms with van der Waals surface area (Å²) < 4.78 is 4.63. The highest BCUT2D eigenvalue weighted by Gasteiger charge is 2.14. The Kier molecular flexibility index (Phi) is 4.43. The SMILES string of the molecule is COC(=O)C(C)NC1=NCCCCC1. The molecule has 0 spiro atoms. The lowest BCUT2D eigenvalue weighted by Crippen LogP contribution is -2.39. The van der Waals surface area contributed by atoms with E-state index in [-0.39, 0.29) is 12.0 Å². The number of amidine groups is 1. The second-order valence-corrected chi connectivity index (χ2v) is 3.53. The van der Waals surface area contributed by atoms with E-state index < -0.39 is 0 Å². The highest BCUT2D eigenvalue weighted by Crippen LogP contribution is 2.06. The summed E-state index contributed by atoms with van der Waals surface area (Å²) in [7, 11) is 1.40. The van der Waals surface area contributed by atoms with Gasteiger partial charge in [0.25, 0.3) is 0 Å². The summed E-state index contributed by atoms with van der Waals surface area (Å²) in [6.45, 7) is 2.66. The van der Waals surface area contributed by atoms with Crippen LogP contribution < -0.4 is 5.32 Å². The summed E-state index contributed by atoms with van der Waals surface area (Å²) >= 11 is 0. The minimum absolute atomic E-state index is 0.239. The summed E-state index contributed by atoms with van der Waals surface area (Å²) in [5.74, 6) is 0.706. The molecule has 14 heavy (non-hydrogen) atoms. The van der Waals surface area contributed by atoms with Gasteiger partial charge in [0.1, 0.15) is 6.04 Å². The van der Waals surface area contributed by atoms with Crippen LogP contribution in [0.15, 0.2) is 4.99 Å². The predicted molar refractivity (Wildman–Crippen MR) is 55.4 cm³/mol. The van der Waals surface area contributed by atoms with Gasteiger partial charge in [-0.3, -0.25) is 4.99 Å². The molecule has 1 aliphatic rings. The van der Waals surface area contributed by atoms with Crippen molar-refractivity contribution >= 4 is 11.8 Å². The summed E-state index contributed by atoms with van der Waals surface area (Å²) in [6, 6.07) is -0.295. The number of nitrogens with zero attached hydrogens (tertiary/aromatic N) is 1. The van der Waals surface area contributed by atoms with E-state index in [0.29, 0.717) is 0 Å². The van der Waals surface area contributed by atoms with Crippen LogP contribution in [0, 0.1) is 0 Å². The molecule has 0 fully saturated rings. The molecule has 1 N–H and O–H groups in total. The molecule has 0 aliphatic carbocycles. The van der Waals surface area contributed by atoms with Crippen LogP contribution in [-0.2, 0) is 9.53 Å². The van der Waals surface area contributed by atoms with Crippen LogP contribution in [0.3, 0.4) is 0 Å². The van der Waals surface area contributed by atoms with E-state index >= 15 is 0 Å². The Morgan fingerprint density at radius 2 is 2.29 bits per heavy atom. The molecule has 0 amide bonds. The van der Waals surface area contributed by atoms with Crippen molar-refractivity contribution in [3.8, 4) is 0 Å². The summed E-state index contributed by atoms with van der Waals surface area (Å²) in [5.41, 5.74) is 0. The van der Waals surface area contributed by atoms with Gasteiger partial charge in [0, 0.05) is 13.0 Å². The molecule has 1 rings (SSSR count). The van der Waals surface area contributed by atoms with E-state index in [4.69, 9.17) is 0 Å². The molecule has 80 valence electrons. The lowest BCUT2D eigenvalue weighted by molar-refractivity contribution is -0.142. The van der Waals surface area contributed by atoms with Crippen LogP contribution in [-0.4, -0.2) is 31.5 Å². The van der Waals surface area contributed by atoms with Crippen molar-refractivity contribution in [2.24, 2.45) is 4.99 Å². The first-order valence-electron chi connectivity index (χ1n) is 5.11. The van der Waals surface area contributed by atoms with Crippen molar-refractivity contribution in [2.75, 3.05) is 13.7 Å². The monoisotopic (exact) mass is 198 g/mol. The van der Waals surface area contributed by atoms with Gasteiger partial charge in [-0.2, -0.15) is 0 Å². The van der Waals surface area contributed by atoms with Crippen LogP contribution in [0.25, 0.3) is 0 Å². The number of carbonyl (C=O) groups excluding carboxylic acids is 1. The molecule has 0 aromatic rings. The molecule has 4 heteroatoms. The smallest absolute Gasteiger partial charge is 0.328 e. The van der Waals surface area contributed by atoms with Gasteiger partial charge in [-0.15, -0.1) is 0 Å². The van der Waals surface area contributed by atoms with Crippen molar-refractivity contribution in [3.63, 3.8) is 0 Å². The minimum atomic E-state index is -0.295. The van der Waals surface area contributed by atoms with Crippen LogP contribution in [0.5, 0.6) is 0 Å². The van der Waals surface area contributed by atoms with Gasteiger partial charge in [-0.05, 0) is 19.8 Å². The summed E-state index contributed by atoms with van der Waals surface area (Å²) in [6.07, 6.45) is 4.47. The van der Waals surface area contributed by atoms with Gasteiger partial charge in [-0.1, -0.05) is 6.42 Å². The first-order chi connectivity index (χ1) is 6.74. The molecule has 1 aliphatic heterocycles. The van der Waals surface area contributed by atoms with Gasteiger partial charge < -0.3 is 10.1 Å². The zero-order valence-electron chi connectivity index (χ0n) is 8.88. The molecule has 1 heterocycles. The lowest BCUT2D eigenvalue weighted by Gasteiger charge is -2.13. The first-order valence-corrected chi connectivity index (χ1v) is 5.11. The largest absolute Gasteiger partial charge is 0.467 e. The van der Waals surface area contributed by atoms with Crippen molar-refractivity contribution in [2.45, 2.75) is 38.6 Å². The standard InChI is InChI=1S/C10H18N2O2/c1-8(10(13)14-2)12-9-6-4-3-5-7-11-9/h8H,3-7H2,1-2H3,(H,11,12). The van der Waals surface area contributed by atoms with Crippen LogP contribution in [0.1, 0.15) is 32.6 Å². The Hall–Kier alpha value is -1.06. The third kappa shape index (κ3) is 3.36. The molecule has 0 radical (unpaired) electrons. The first kappa shape index (κ1) is 11.0. The maximum atomic E-state index is 11.1. The Balaban J connectivity index is 2.41. The minimum Gasteiger partial charge on any atom is -0.467 e. The van der Waals surface area contributed by atoms with Gasteiger partial charge in [-0.25, -0.2) is 4.79 Å². The zero-order chi connectivity index (χ0) is 10.4. The van der Waals surface area contributed by atoms with Crippen LogP contribution in [0.4, 0.5) is 0 Å². The number of aliphatic imine (C=N–C) groups is 1. The second kappa shape index (κ2) is 5.62. The van der Waals surface area contributed by atoms with E-state index in [0.717, 1.165) is 31.6 Å². The Morgan fingerprint density at radius 3 is 3.00 bits per heavy atom. The number of hydrogen-bond donors (Lipinski definition) is 1. The normalized spacial score (nSPS) is 19.1. The Bertz CT molecular complexity index is 226. The van der Waals surface area contributed by atoms with E-state index in [9.17, 15) is 4.79 Å². The number of hydrogen-bond acceptors (Lipinski definition) is 4. The van der Waals surface area contributed by atoms with Crippen molar-refractivity contribution in [1.29, 1.82) is 0 Å². The number of methoxy groups -OCH3 is 1. The van der Waals surface area contributed by atoms with Gasteiger partial charge in [0.05, 0.1) is 12.9 Å². The number of rotatable bonds is 2. The van der Waals surface area contributed by atoms with Gasteiger partial charge >= 0.3 is 5.97 Å². The molecular formula is C10H18N2O2. The molecular weight excluding hydrogens is 180 g/mol. The van der Waals surface area contributed by atoms with E-state index in [1.807, 2.05) is 0 Å². The van der Waals surface area contributed by atoms with Gasteiger partial charge in [0.15, 0.2) is 0 Å². The molecule has 1 atom stereocenters. The number of ether oxygens (including phenoxy) is 1. The van der Waals surface area contributed by atoms with Gasteiger partial charge in [0.2, 0.25) is 0 Å². The fourth-order valence-electron chi connectivity index (χ4n) is 1.48. The summed E-state index contributed by atoms with van der Waals surface area (Å²) in [4.78, 5) is 15.5. The Labute approximate surface area is 84.7 Å². The zero-order valence-corrected chi connectivity index (χ0v) is 8.88. The van der Waals surface area contributed by atoms with Crippen molar-refractivity contribution in [1.82, 2.24) is 5.32 Å². The van der Waals surface area contributed by atoms with E-state index in [2.05, 4.69) is 15.0 Å². The predicted octanol–water partition coefficient (Wildman–Crippen LogP) is 1.11. The molecule has 0 saturated carbocycles. The average molecular weight is 198 g/mol. The summed E-state index contributed by atoms with van der Waals surface area (Å²) in [5, 5.41) is 3.08. The van der Waals surface area contributed by atoms with Crippen LogP contribution in [0.2, 0.25) is 0 Å². The quantitative estimate of drug-likeness (QED) is 0.676. The van der Waals surface area contributed by atoms with E-state index in [1.54, 1.807) is 6.92 Å². The number of nitrogens with one attached hydrogen (secondary N) is 1. The molecule has 0 aromatic heterocycles. The highest BCUT2D eigenvalue weighted by atomic mass is 16.5. The number of esters is 1. The molecule has 0 aromatic carbocycles. The molecule has 0 saturated heterocycles. The topological polar surface area (TPSA) is 50.7 Å². The maximum absolute atomic E-state index is 11.1. The second-order valence-electron chi connectivity index (χ2n) is 3.53. The fraction of sp³-hybridized carbons (Fsp3) is 0.800. The maximum Gasteiger partial charge on any atom is 0.328 e. The lowest BCUT2D eigenvalue weighted by atomic mass is 10.2. The van der Waals surface area contributed by atoms with Crippen LogP contribution >= 0.6 is 0 Å². The molecule has 4 nitrogen and oxygen atoms in total. The fourth-order valence-corrected chi connectivity index (χ4v) is 1.48. The van der Waals surface area contributed by atoms with Crippen molar-refractivity contribution in [3.05, 3.63) is 0 Å². The molecule has 1 unspecified atom stereocenters. The highest BCUT2D eigenvalue weighted by molar-refractivity contribution is 5.87. The Morgan fingerprint density at radius 1 is 1.50 bits per heavy atom.